The van der Waals surface area contributed by atoms with E-state index in [0.29, 0.717) is 11.0 Å². The molecular weight excluding hydrogens is 274 g/mol. The predicted octanol–water partition coefficient (Wildman–Crippen LogP) is 3.01. The van der Waals surface area contributed by atoms with Crippen molar-refractivity contribution in [3.63, 3.8) is 0 Å². The molecule has 0 bridgehead atoms. The summed E-state index contributed by atoms with van der Waals surface area (Å²) in [5, 5.41) is 9.04. The third kappa shape index (κ3) is 9.37. The van der Waals surface area contributed by atoms with Crippen LogP contribution in [0, 0.1) is 5.92 Å². The minimum absolute atomic E-state index is 0.0525. The Bertz CT molecular complexity index is 307. The molecule has 1 N–H and O–H groups in total. The first-order chi connectivity index (χ1) is 9.19. The maximum atomic E-state index is 12.4. The zero-order valence-electron chi connectivity index (χ0n) is 13.5. The molecule has 5 heteroatoms. The molecule has 0 radical (unpaired) electrons. The van der Waals surface area contributed by atoms with Gasteiger partial charge in [0.25, 0.3) is 0 Å². The second kappa shape index (κ2) is 9.40. The number of aliphatic carboxylic acids is 1. The molecule has 0 aromatic carbocycles. The molecule has 0 aliphatic rings. The Morgan fingerprint density at radius 2 is 1.60 bits per heavy atom. The van der Waals surface area contributed by atoms with Crippen molar-refractivity contribution in [3.05, 3.63) is 0 Å². The van der Waals surface area contributed by atoms with Crippen molar-refractivity contribution in [1.29, 1.82) is 0 Å². The van der Waals surface area contributed by atoms with Gasteiger partial charge in [-0.3, -0.25) is 9.59 Å². The molecule has 0 heterocycles. The van der Waals surface area contributed by atoms with Crippen LogP contribution in [0.1, 0.15) is 46.0 Å². The number of hydrogen-bond acceptors (Lipinski definition) is 3. The van der Waals surface area contributed by atoms with Crippen LogP contribution in [-0.2, 0) is 9.59 Å². The lowest BCUT2D eigenvalue weighted by atomic mass is 10.0. The predicted molar refractivity (Wildman–Crippen MR) is 84.8 cm³/mol. The molecule has 0 aromatic rings. The van der Waals surface area contributed by atoms with E-state index < -0.39 is 5.97 Å². The van der Waals surface area contributed by atoms with Gasteiger partial charge in [0, 0.05) is 5.92 Å². The van der Waals surface area contributed by atoms with E-state index in [-0.39, 0.29) is 22.7 Å². The Morgan fingerprint density at radius 3 is 1.95 bits per heavy atom. The van der Waals surface area contributed by atoms with Crippen molar-refractivity contribution >= 4 is 22.8 Å². The molecule has 0 amide bonds. The number of carboxylic acid groups (broad SMARTS) is 1. The first-order valence-electron chi connectivity index (χ1n) is 7.42. The zero-order valence-corrected chi connectivity index (χ0v) is 14.3. The lowest BCUT2D eigenvalue weighted by Crippen LogP contribution is -2.41. The highest BCUT2D eigenvalue weighted by atomic mass is 32.2. The number of nitrogens with zero attached hydrogens (tertiary/aromatic N) is 1. The molecule has 0 fully saturated rings. The zero-order chi connectivity index (χ0) is 15.8. The van der Waals surface area contributed by atoms with Gasteiger partial charge in [-0.1, -0.05) is 38.5 Å². The summed E-state index contributed by atoms with van der Waals surface area (Å²) in [7, 11) is 6.07. The summed E-state index contributed by atoms with van der Waals surface area (Å²) in [5.74, 6) is -0.745. The quantitative estimate of drug-likeness (QED) is 0.630. The van der Waals surface area contributed by atoms with Crippen molar-refractivity contribution in [2.45, 2.75) is 51.2 Å². The number of hydrogen-bond donors (Lipinski definition) is 1. The van der Waals surface area contributed by atoms with E-state index in [1.807, 2.05) is 21.1 Å². The first kappa shape index (κ1) is 19.4. The lowest BCUT2D eigenvalue weighted by Gasteiger charge is -2.28. The van der Waals surface area contributed by atoms with Crippen LogP contribution in [0.5, 0.6) is 0 Å². The van der Waals surface area contributed by atoms with Gasteiger partial charge in [-0.25, -0.2) is 0 Å². The summed E-state index contributed by atoms with van der Waals surface area (Å²) in [5.41, 5.74) is 0. The van der Waals surface area contributed by atoms with Crippen molar-refractivity contribution in [1.82, 2.24) is 0 Å². The molecule has 0 saturated heterocycles. The van der Waals surface area contributed by atoms with Gasteiger partial charge in [0.15, 0.2) is 5.12 Å². The molecule has 4 nitrogen and oxygen atoms in total. The average Bonchev–Trinajstić information content (AvgIpc) is 2.25. The summed E-state index contributed by atoms with van der Waals surface area (Å²) in [4.78, 5) is 23.3. The second-order valence-corrected chi connectivity index (χ2v) is 7.71. The van der Waals surface area contributed by atoms with E-state index >= 15 is 0 Å². The van der Waals surface area contributed by atoms with Gasteiger partial charge in [-0.15, -0.1) is 0 Å². The molecule has 20 heavy (non-hydrogen) atoms. The van der Waals surface area contributed by atoms with Crippen molar-refractivity contribution in [2.75, 3.05) is 27.7 Å². The van der Waals surface area contributed by atoms with Gasteiger partial charge in [-0.2, -0.15) is 0 Å². The topological polar surface area (TPSA) is 54.4 Å². The SMILES string of the molecule is CCCC(CCC)C(=O)SC(CC(=O)O)C[N+](C)(C)C. The molecule has 0 spiro atoms. The van der Waals surface area contributed by atoms with Crippen LogP contribution in [-0.4, -0.2) is 53.6 Å². The van der Waals surface area contributed by atoms with Crippen molar-refractivity contribution in [2.24, 2.45) is 5.92 Å². The maximum Gasteiger partial charge on any atom is 0.304 e. The standard InChI is InChI=1S/C15H29NO3S/c1-6-8-12(9-7-2)15(19)20-13(10-14(17)18)11-16(3,4)5/h12-13H,6-11H2,1-5H3/p+1. The summed E-state index contributed by atoms with van der Waals surface area (Å²) < 4.78 is 0.671. The normalized spacial score (nSPS) is 13.5. The van der Waals surface area contributed by atoms with Crippen LogP contribution in [0.15, 0.2) is 0 Å². The first-order valence-corrected chi connectivity index (χ1v) is 8.30. The second-order valence-electron chi connectivity index (χ2n) is 6.40. The van der Waals surface area contributed by atoms with E-state index in [1.165, 1.54) is 11.8 Å². The van der Waals surface area contributed by atoms with Gasteiger partial charge >= 0.3 is 5.97 Å². The van der Waals surface area contributed by atoms with E-state index in [1.54, 1.807) is 0 Å². The van der Waals surface area contributed by atoms with Crippen LogP contribution in [0.3, 0.4) is 0 Å². The van der Waals surface area contributed by atoms with Crippen LogP contribution in [0.25, 0.3) is 0 Å². The Kier molecular flexibility index (Phi) is 9.14. The van der Waals surface area contributed by atoms with Crippen LogP contribution in [0.4, 0.5) is 0 Å². The molecule has 1 unspecified atom stereocenters. The summed E-state index contributed by atoms with van der Waals surface area (Å²) in [6.45, 7) is 4.86. The Balaban J connectivity index is 4.67. The smallest absolute Gasteiger partial charge is 0.304 e. The van der Waals surface area contributed by atoms with E-state index in [9.17, 15) is 9.59 Å². The Morgan fingerprint density at radius 1 is 1.10 bits per heavy atom. The molecule has 0 aliphatic heterocycles. The van der Waals surface area contributed by atoms with Crippen LogP contribution >= 0.6 is 11.8 Å². The number of quaternary nitrogens is 1. The van der Waals surface area contributed by atoms with Crippen LogP contribution < -0.4 is 0 Å². The van der Waals surface area contributed by atoms with Gasteiger partial charge in [0.05, 0.1) is 39.4 Å². The third-order valence-corrected chi connectivity index (χ3v) is 4.26. The van der Waals surface area contributed by atoms with Crippen molar-refractivity contribution < 1.29 is 19.2 Å². The van der Waals surface area contributed by atoms with Gasteiger partial charge < -0.3 is 9.59 Å². The fourth-order valence-electron chi connectivity index (χ4n) is 2.29. The maximum absolute atomic E-state index is 12.4. The fraction of sp³-hybridized carbons (Fsp3) is 0.867. The number of rotatable bonds is 10. The van der Waals surface area contributed by atoms with Crippen LogP contribution in [0.2, 0.25) is 0 Å². The van der Waals surface area contributed by atoms with Gasteiger partial charge in [0.2, 0.25) is 0 Å². The molecule has 118 valence electrons. The number of thioether (sulfide) groups is 1. The largest absolute Gasteiger partial charge is 0.481 e. The lowest BCUT2D eigenvalue weighted by molar-refractivity contribution is -0.869. The molecule has 0 rings (SSSR count). The van der Waals surface area contributed by atoms with Gasteiger partial charge in [-0.05, 0) is 12.8 Å². The molecule has 0 saturated carbocycles. The number of carboxylic acids is 1. The van der Waals surface area contributed by atoms with E-state index in [0.717, 1.165) is 25.7 Å². The molecule has 0 aliphatic carbocycles. The minimum atomic E-state index is -0.828. The third-order valence-electron chi connectivity index (χ3n) is 3.04. The Hall–Kier alpha value is -0.550. The summed E-state index contributed by atoms with van der Waals surface area (Å²) in [6.07, 6.45) is 3.86. The number of carbonyl (C=O) groups is 2. The minimum Gasteiger partial charge on any atom is -0.481 e. The average molecular weight is 304 g/mol. The highest BCUT2D eigenvalue weighted by molar-refractivity contribution is 8.14. The number of carbonyl (C=O) groups excluding carboxylic acids is 1. The fourth-order valence-corrected chi connectivity index (χ4v) is 3.79. The van der Waals surface area contributed by atoms with E-state index in [2.05, 4.69) is 13.8 Å². The molecular formula is C15H30NO3S+. The molecule has 1 atom stereocenters. The van der Waals surface area contributed by atoms with Gasteiger partial charge in [0.1, 0.15) is 0 Å². The molecule has 0 aromatic heterocycles. The highest BCUT2D eigenvalue weighted by Crippen LogP contribution is 2.26. The monoisotopic (exact) mass is 304 g/mol. The summed E-state index contributed by atoms with van der Waals surface area (Å²) in [6, 6.07) is 0. The Labute approximate surface area is 127 Å². The van der Waals surface area contributed by atoms with Crippen molar-refractivity contribution in [3.8, 4) is 0 Å². The van der Waals surface area contributed by atoms with E-state index in [4.69, 9.17) is 5.11 Å². The summed E-state index contributed by atoms with van der Waals surface area (Å²) >= 11 is 1.25. The highest BCUT2D eigenvalue weighted by Gasteiger charge is 2.27.